The lowest BCUT2D eigenvalue weighted by Gasteiger charge is -2.52. The minimum atomic E-state index is 0.378. The molecule has 0 radical (unpaired) electrons. The maximum absolute atomic E-state index is 5.46. The lowest BCUT2D eigenvalue weighted by Crippen LogP contribution is -2.63. The van der Waals surface area contributed by atoms with Gasteiger partial charge in [-0.2, -0.15) is 0 Å². The van der Waals surface area contributed by atoms with Gasteiger partial charge in [0.05, 0.1) is 18.8 Å². The molecule has 2 fully saturated rings. The highest BCUT2D eigenvalue weighted by atomic mass is 16.5. The lowest BCUT2D eigenvalue weighted by molar-refractivity contribution is -0.159. The van der Waals surface area contributed by atoms with Crippen LogP contribution in [0.15, 0.2) is 24.3 Å². The van der Waals surface area contributed by atoms with Crippen molar-refractivity contribution >= 4 is 0 Å². The van der Waals surface area contributed by atoms with Crippen molar-refractivity contribution in [3.05, 3.63) is 35.4 Å². The lowest BCUT2D eigenvalue weighted by atomic mass is 9.84. The molecular weight excluding hydrogens is 210 g/mol. The van der Waals surface area contributed by atoms with Gasteiger partial charge in [0.2, 0.25) is 0 Å². The Kier molecular flexibility index (Phi) is 2.93. The van der Waals surface area contributed by atoms with Gasteiger partial charge in [0.25, 0.3) is 0 Å². The summed E-state index contributed by atoms with van der Waals surface area (Å²) in [5, 5.41) is 0. The molecule has 2 saturated heterocycles. The molecule has 0 unspecified atom stereocenters. The highest BCUT2D eigenvalue weighted by molar-refractivity contribution is 5.21. The van der Waals surface area contributed by atoms with E-state index in [0.29, 0.717) is 5.54 Å². The van der Waals surface area contributed by atoms with Gasteiger partial charge in [-0.25, -0.2) is 0 Å². The predicted octanol–water partition coefficient (Wildman–Crippen LogP) is 2.75. The molecule has 2 aliphatic heterocycles. The quantitative estimate of drug-likeness (QED) is 0.776. The fourth-order valence-corrected chi connectivity index (χ4v) is 2.98. The van der Waals surface area contributed by atoms with Crippen LogP contribution in [0.4, 0.5) is 0 Å². The van der Waals surface area contributed by atoms with E-state index in [1.54, 1.807) is 0 Å². The molecule has 3 rings (SSSR count). The Bertz CT molecular complexity index is 380. The van der Waals surface area contributed by atoms with E-state index >= 15 is 0 Å². The van der Waals surface area contributed by atoms with Gasteiger partial charge in [-0.15, -0.1) is 0 Å². The van der Waals surface area contributed by atoms with Crippen LogP contribution in [0.25, 0.3) is 0 Å². The summed E-state index contributed by atoms with van der Waals surface area (Å²) in [5.41, 5.74) is 3.15. The third-order valence-corrected chi connectivity index (χ3v) is 4.23. The normalized spacial score (nSPS) is 23.6. The molecule has 92 valence electrons. The smallest absolute Gasteiger partial charge is 0.0681 e. The zero-order chi connectivity index (χ0) is 11.7. The van der Waals surface area contributed by atoms with Gasteiger partial charge >= 0.3 is 0 Å². The van der Waals surface area contributed by atoms with Crippen LogP contribution in [-0.4, -0.2) is 30.2 Å². The Morgan fingerprint density at radius 3 is 2.59 bits per heavy atom. The second-order valence-electron chi connectivity index (χ2n) is 5.58. The van der Waals surface area contributed by atoms with E-state index in [2.05, 4.69) is 36.1 Å². The summed E-state index contributed by atoms with van der Waals surface area (Å²) < 4.78 is 5.46. The molecule has 0 saturated carbocycles. The van der Waals surface area contributed by atoms with Gasteiger partial charge in [0.15, 0.2) is 0 Å². The third-order valence-electron chi connectivity index (χ3n) is 4.23. The first-order valence-corrected chi connectivity index (χ1v) is 6.67. The Morgan fingerprint density at radius 2 is 1.94 bits per heavy atom. The van der Waals surface area contributed by atoms with Crippen molar-refractivity contribution in [2.24, 2.45) is 0 Å². The highest BCUT2D eigenvalue weighted by Crippen LogP contribution is 2.35. The Hall–Kier alpha value is -0.860. The van der Waals surface area contributed by atoms with Crippen LogP contribution < -0.4 is 0 Å². The summed E-state index contributed by atoms with van der Waals surface area (Å²) in [4.78, 5) is 2.64. The average Bonchev–Trinajstić information content (AvgIpc) is 2.31. The van der Waals surface area contributed by atoms with Crippen LogP contribution in [0.3, 0.4) is 0 Å². The maximum Gasteiger partial charge on any atom is 0.0681 e. The van der Waals surface area contributed by atoms with E-state index in [4.69, 9.17) is 4.74 Å². The van der Waals surface area contributed by atoms with E-state index in [1.165, 1.54) is 36.9 Å². The van der Waals surface area contributed by atoms with Gasteiger partial charge in [-0.3, -0.25) is 4.90 Å². The summed E-state index contributed by atoms with van der Waals surface area (Å²) in [6, 6.07) is 8.95. The van der Waals surface area contributed by atoms with Crippen LogP contribution in [0.5, 0.6) is 0 Å². The van der Waals surface area contributed by atoms with Crippen molar-refractivity contribution in [2.75, 3.05) is 19.8 Å². The van der Waals surface area contributed by atoms with Gasteiger partial charge in [0.1, 0.15) is 0 Å². The van der Waals surface area contributed by atoms with E-state index in [1.807, 2.05) is 0 Å². The largest absolute Gasteiger partial charge is 0.377 e. The summed E-state index contributed by atoms with van der Waals surface area (Å²) in [6.07, 6.45) is 4.03. The summed E-state index contributed by atoms with van der Waals surface area (Å²) in [5.74, 6) is 0. The molecule has 2 nitrogen and oxygen atoms in total. The molecule has 0 atom stereocenters. The Labute approximate surface area is 104 Å². The van der Waals surface area contributed by atoms with E-state index in [9.17, 15) is 0 Å². The SMILES string of the molecule is Cc1ccc(CN2CCCCC23COC3)cc1. The summed E-state index contributed by atoms with van der Waals surface area (Å²) in [7, 11) is 0. The van der Waals surface area contributed by atoms with E-state index in [0.717, 1.165) is 19.8 Å². The molecule has 2 aliphatic rings. The molecule has 1 aromatic carbocycles. The van der Waals surface area contributed by atoms with Crippen molar-refractivity contribution in [2.45, 2.75) is 38.3 Å². The highest BCUT2D eigenvalue weighted by Gasteiger charge is 2.44. The molecule has 2 heterocycles. The number of hydrogen-bond acceptors (Lipinski definition) is 2. The fraction of sp³-hybridized carbons (Fsp3) is 0.600. The van der Waals surface area contributed by atoms with Crippen molar-refractivity contribution < 1.29 is 4.74 Å². The van der Waals surface area contributed by atoms with Gasteiger partial charge in [0, 0.05) is 6.54 Å². The van der Waals surface area contributed by atoms with Crippen molar-refractivity contribution in [3.8, 4) is 0 Å². The summed E-state index contributed by atoms with van der Waals surface area (Å²) in [6.45, 7) is 6.35. The zero-order valence-electron chi connectivity index (χ0n) is 10.6. The van der Waals surface area contributed by atoms with Gasteiger partial charge in [-0.05, 0) is 31.9 Å². The number of ether oxygens (including phenoxy) is 1. The minimum absolute atomic E-state index is 0.378. The van der Waals surface area contributed by atoms with Crippen LogP contribution in [-0.2, 0) is 11.3 Å². The molecular formula is C15H21NO. The number of likely N-dealkylation sites (tertiary alicyclic amines) is 1. The average molecular weight is 231 g/mol. The van der Waals surface area contributed by atoms with Crippen molar-refractivity contribution in [3.63, 3.8) is 0 Å². The second kappa shape index (κ2) is 4.43. The van der Waals surface area contributed by atoms with Crippen LogP contribution >= 0.6 is 0 Å². The molecule has 0 N–H and O–H groups in total. The van der Waals surface area contributed by atoms with Gasteiger partial charge in [-0.1, -0.05) is 36.2 Å². The predicted molar refractivity (Wildman–Crippen MR) is 69.0 cm³/mol. The molecule has 0 amide bonds. The van der Waals surface area contributed by atoms with Crippen molar-refractivity contribution in [1.82, 2.24) is 4.90 Å². The monoisotopic (exact) mass is 231 g/mol. The fourth-order valence-electron chi connectivity index (χ4n) is 2.98. The number of piperidine rings is 1. The van der Waals surface area contributed by atoms with Crippen LogP contribution in [0.2, 0.25) is 0 Å². The summed E-state index contributed by atoms with van der Waals surface area (Å²) >= 11 is 0. The number of rotatable bonds is 2. The third kappa shape index (κ3) is 2.12. The van der Waals surface area contributed by atoms with Crippen molar-refractivity contribution in [1.29, 1.82) is 0 Å². The van der Waals surface area contributed by atoms with Crippen LogP contribution in [0.1, 0.15) is 30.4 Å². The van der Waals surface area contributed by atoms with Crippen LogP contribution in [0, 0.1) is 6.92 Å². The number of benzene rings is 1. The molecule has 0 aliphatic carbocycles. The van der Waals surface area contributed by atoms with E-state index in [-0.39, 0.29) is 0 Å². The molecule has 2 heteroatoms. The molecule has 1 spiro atoms. The minimum Gasteiger partial charge on any atom is -0.377 e. The first kappa shape index (κ1) is 11.2. The molecule has 0 aromatic heterocycles. The first-order chi connectivity index (χ1) is 8.28. The first-order valence-electron chi connectivity index (χ1n) is 6.67. The molecule has 0 bridgehead atoms. The Morgan fingerprint density at radius 1 is 1.18 bits per heavy atom. The van der Waals surface area contributed by atoms with Gasteiger partial charge < -0.3 is 4.74 Å². The second-order valence-corrected chi connectivity index (χ2v) is 5.58. The maximum atomic E-state index is 5.46. The number of hydrogen-bond donors (Lipinski definition) is 0. The standard InChI is InChI=1S/C15H21NO/c1-13-4-6-14(7-5-13)10-16-9-3-2-8-15(16)11-17-12-15/h4-7H,2-3,8-12H2,1H3. The molecule has 1 aromatic rings. The number of aryl methyl sites for hydroxylation is 1. The topological polar surface area (TPSA) is 12.5 Å². The molecule has 17 heavy (non-hydrogen) atoms. The van der Waals surface area contributed by atoms with E-state index < -0.39 is 0 Å². The number of nitrogens with zero attached hydrogens (tertiary/aromatic N) is 1. The zero-order valence-corrected chi connectivity index (χ0v) is 10.6. The Balaban J connectivity index is 1.72.